The Morgan fingerprint density at radius 3 is 2.61 bits per heavy atom. The van der Waals surface area contributed by atoms with E-state index in [0.717, 1.165) is 18.7 Å². The maximum absolute atomic E-state index is 8.85. The first-order valence-electron chi connectivity index (χ1n) is 6.47. The van der Waals surface area contributed by atoms with Gasteiger partial charge in [-0.25, -0.2) is 0 Å². The molecule has 3 nitrogen and oxygen atoms in total. The first-order valence-corrected chi connectivity index (χ1v) is 6.47. The largest absolute Gasteiger partial charge is 0.380 e. The normalized spacial score (nSPS) is 12.3. The quantitative estimate of drug-likeness (QED) is 0.717. The van der Waals surface area contributed by atoms with E-state index in [-0.39, 0.29) is 6.04 Å². The monoisotopic (exact) mass is 246 g/mol. The van der Waals surface area contributed by atoms with Gasteiger partial charge >= 0.3 is 0 Å². The van der Waals surface area contributed by atoms with Crippen molar-refractivity contribution in [3.8, 4) is 6.07 Å². The highest BCUT2D eigenvalue weighted by molar-refractivity contribution is 5.19. The Morgan fingerprint density at radius 2 is 2.00 bits per heavy atom. The number of nitriles is 1. The Bertz CT molecular complexity index is 357. The van der Waals surface area contributed by atoms with Crippen LogP contribution in [0.15, 0.2) is 30.3 Å². The van der Waals surface area contributed by atoms with Gasteiger partial charge in [0.15, 0.2) is 0 Å². The second kappa shape index (κ2) is 8.68. The SMILES string of the molecule is CC(C)COCCNC(CC#N)c1ccccc1. The smallest absolute Gasteiger partial charge is 0.0641 e. The number of nitrogens with zero attached hydrogens (tertiary/aromatic N) is 1. The molecular formula is C15H22N2O. The topological polar surface area (TPSA) is 45.0 Å². The van der Waals surface area contributed by atoms with E-state index in [2.05, 4.69) is 25.2 Å². The maximum atomic E-state index is 8.85. The Kier molecular flexibility index (Phi) is 7.09. The minimum atomic E-state index is 0.0962. The van der Waals surface area contributed by atoms with E-state index in [9.17, 15) is 0 Å². The van der Waals surface area contributed by atoms with Crippen LogP contribution in [0.5, 0.6) is 0 Å². The van der Waals surface area contributed by atoms with Crippen LogP contribution in [0.2, 0.25) is 0 Å². The molecule has 1 N–H and O–H groups in total. The molecule has 18 heavy (non-hydrogen) atoms. The Balaban J connectivity index is 2.33. The third-order valence-corrected chi connectivity index (χ3v) is 2.59. The minimum Gasteiger partial charge on any atom is -0.380 e. The maximum Gasteiger partial charge on any atom is 0.0641 e. The standard InChI is InChI=1S/C15H22N2O/c1-13(2)12-18-11-10-17-15(8-9-16)14-6-4-3-5-7-14/h3-7,13,15,17H,8,10-12H2,1-2H3. The number of hydrogen-bond donors (Lipinski definition) is 1. The molecule has 0 radical (unpaired) electrons. The van der Waals surface area contributed by atoms with Gasteiger partial charge in [-0.2, -0.15) is 5.26 Å². The molecule has 1 rings (SSSR count). The Morgan fingerprint density at radius 1 is 1.28 bits per heavy atom. The van der Waals surface area contributed by atoms with Crippen molar-refractivity contribution in [1.82, 2.24) is 5.32 Å². The lowest BCUT2D eigenvalue weighted by Gasteiger charge is -2.16. The highest BCUT2D eigenvalue weighted by atomic mass is 16.5. The van der Waals surface area contributed by atoms with Crippen LogP contribution in [0.3, 0.4) is 0 Å². The van der Waals surface area contributed by atoms with E-state index in [1.807, 2.05) is 30.3 Å². The molecule has 0 aliphatic heterocycles. The van der Waals surface area contributed by atoms with Crippen molar-refractivity contribution >= 4 is 0 Å². The van der Waals surface area contributed by atoms with E-state index in [1.54, 1.807) is 0 Å². The first kappa shape index (κ1) is 14.7. The van der Waals surface area contributed by atoms with Gasteiger partial charge in [-0.15, -0.1) is 0 Å². The second-order valence-electron chi connectivity index (χ2n) is 4.75. The fourth-order valence-electron chi connectivity index (χ4n) is 1.71. The van der Waals surface area contributed by atoms with Crippen LogP contribution in [0, 0.1) is 17.2 Å². The molecule has 1 aromatic rings. The molecule has 0 heterocycles. The molecule has 0 amide bonds. The van der Waals surface area contributed by atoms with E-state index in [1.165, 1.54) is 0 Å². The molecule has 1 aromatic carbocycles. The Hall–Kier alpha value is -1.37. The third kappa shape index (κ3) is 5.81. The highest BCUT2D eigenvalue weighted by Gasteiger charge is 2.09. The summed E-state index contributed by atoms with van der Waals surface area (Å²) in [6.07, 6.45) is 0.480. The molecule has 98 valence electrons. The van der Waals surface area contributed by atoms with Crippen molar-refractivity contribution in [2.24, 2.45) is 5.92 Å². The van der Waals surface area contributed by atoms with Crippen molar-refractivity contribution in [2.45, 2.75) is 26.3 Å². The molecule has 0 saturated heterocycles. The summed E-state index contributed by atoms with van der Waals surface area (Å²) in [4.78, 5) is 0. The first-order chi connectivity index (χ1) is 8.74. The third-order valence-electron chi connectivity index (χ3n) is 2.59. The molecular weight excluding hydrogens is 224 g/mol. The van der Waals surface area contributed by atoms with Gasteiger partial charge in [0.25, 0.3) is 0 Å². The van der Waals surface area contributed by atoms with E-state index < -0.39 is 0 Å². The van der Waals surface area contributed by atoms with E-state index >= 15 is 0 Å². The number of rotatable bonds is 8. The van der Waals surface area contributed by atoms with Crippen molar-refractivity contribution in [3.05, 3.63) is 35.9 Å². The van der Waals surface area contributed by atoms with Crippen LogP contribution in [-0.4, -0.2) is 19.8 Å². The summed E-state index contributed by atoms with van der Waals surface area (Å²) in [5.74, 6) is 0.564. The average Bonchev–Trinajstić information content (AvgIpc) is 2.38. The van der Waals surface area contributed by atoms with Crippen LogP contribution in [0.4, 0.5) is 0 Å². The van der Waals surface area contributed by atoms with Gasteiger partial charge in [-0.1, -0.05) is 44.2 Å². The van der Waals surface area contributed by atoms with Crippen LogP contribution in [-0.2, 0) is 4.74 Å². The van der Waals surface area contributed by atoms with E-state index in [4.69, 9.17) is 10.00 Å². The lowest BCUT2D eigenvalue weighted by Crippen LogP contribution is -2.25. The number of nitrogens with one attached hydrogen (secondary N) is 1. The van der Waals surface area contributed by atoms with Crippen LogP contribution in [0.1, 0.15) is 31.9 Å². The Labute approximate surface area is 110 Å². The molecule has 0 fully saturated rings. The molecule has 0 saturated carbocycles. The van der Waals surface area contributed by atoms with Gasteiger partial charge in [0, 0.05) is 19.2 Å². The van der Waals surface area contributed by atoms with Gasteiger partial charge in [-0.3, -0.25) is 0 Å². The summed E-state index contributed by atoms with van der Waals surface area (Å²) < 4.78 is 5.51. The predicted octanol–water partition coefficient (Wildman–Crippen LogP) is 2.90. The molecule has 0 aliphatic carbocycles. The molecule has 0 aliphatic rings. The van der Waals surface area contributed by atoms with Gasteiger partial charge < -0.3 is 10.1 Å². The fourth-order valence-corrected chi connectivity index (χ4v) is 1.71. The molecule has 1 atom stereocenters. The van der Waals surface area contributed by atoms with Gasteiger partial charge in [0.1, 0.15) is 0 Å². The van der Waals surface area contributed by atoms with Crippen LogP contribution < -0.4 is 5.32 Å². The van der Waals surface area contributed by atoms with Gasteiger partial charge in [0.2, 0.25) is 0 Å². The summed E-state index contributed by atoms with van der Waals surface area (Å²) >= 11 is 0. The zero-order chi connectivity index (χ0) is 13.2. The average molecular weight is 246 g/mol. The van der Waals surface area contributed by atoms with Crippen molar-refractivity contribution in [3.63, 3.8) is 0 Å². The summed E-state index contributed by atoms with van der Waals surface area (Å²) in [5.41, 5.74) is 1.16. The lowest BCUT2D eigenvalue weighted by molar-refractivity contribution is 0.110. The van der Waals surface area contributed by atoms with Crippen LogP contribution in [0.25, 0.3) is 0 Å². The number of ether oxygens (including phenoxy) is 1. The summed E-state index contributed by atoms with van der Waals surface area (Å²) in [6.45, 7) is 6.52. The molecule has 1 unspecified atom stereocenters. The fraction of sp³-hybridized carbons (Fsp3) is 0.533. The van der Waals surface area contributed by atoms with Crippen molar-refractivity contribution < 1.29 is 4.74 Å². The molecule has 0 aromatic heterocycles. The van der Waals surface area contributed by atoms with Gasteiger partial charge in [-0.05, 0) is 11.5 Å². The number of hydrogen-bond acceptors (Lipinski definition) is 3. The minimum absolute atomic E-state index is 0.0962. The summed E-state index contributed by atoms with van der Waals surface area (Å²) in [7, 11) is 0. The zero-order valence-electron chi connectivity index (χ0n) is 11.2. The van der Waals surface area contributed by atoms with Gasteiger partial charge in [0.05, 0.1) is 19.1 Å². The summed E-state index contributed by atoms with van der Waals surface area (Å²) in [6, 6.07) is 12.4. The van der Waals surface area contributed by atoms with Crippen LogP contribution >= 0.6 is 0 Å². The highest BCUT2D eigenvalue weighted by Crippen LogP contribution is 2.15. The van der Waals surface area contributed by atoms with Crippen molar-refractivity contribution in [2.75, 3.05) is 19.8 Å². The molecule has 0 spiro atoms. The lowest BCUT2D eigenvalue weighted by atomic mass is 10.0. The van der Waals surface area contributed by atoms with E-state index in [0.29, 0.717) is 18.9 Å². The van der Waals surface area contributed by atoms with Crippen molar-refractivity contribution in [1.29, 1.82) is 5.26 Å². The zero-order valence-corrected chi connectivity index (χ0v) is 11.2. The summed E-state index contributed by atoms with van der Waals surface area (Å²) in [5, 5.41) is 12.2. The number of benzene rings is 1. The molecule has 3 heteroatoms. The predicted molar refractivity (Wildman–Crippen MR) is 73.1 cm³/mol. The second-order valence-corrected chi connectivity index (χ2v) is 4.75. The molecule has 0 bridgehead atoms.